The minimum absolute atomic E-state index is 0.0831. The number of aromatic nitrogens is 2. The van der Waals surface area contributed by atoms with Gasteiger partial charge in [-0.25, -0.2) is 9.37 Å². The molecule has 6 heteroatoms. The molecule has 1 fully saturated rings. The maximum atomic E-state index is 13.0. The van der Waals surface area contributed by atoms with E-state index in [2.05, 4.69) is 20.6 Å². The van der Waals surface area contributed by atoms with Crippen molar-refractivity contribution in [2.24, 2.45) is 0 Å². The summed E-state index contributed by atoms with van der Waals surface area (Å²) in [5.74, 6) is 0.402. The minimum atomic E-state index is -0.289. The zero-order valence-electron chi connectivity index (χ0n) is 9.66. The van der Waals surface area contributed by atoms with Crippen LogP contribution < -0.4 is 10.6 Å². The summed E-state index contributed by atoms with van der Waals surface area (Å²) < 4.78 is 13.0. The topological polar surface area (TPSA) is 69.8 Å². The van der Waals surface area contributed by atoms with E-state index in [4.69, 9.17) is 0 Å². The van der Waals surface area contributed by atoms with E-state index < -0.39 is 0 Å². The standard InChI is InChI=1S/C12H13FN4O/c13-7-1-3-9-10(5-7)17-12(16-9)15-8-2-4-11(18)14-6-8/h1,3,5,8H,2,4,6H2,(H,14,18)(H2,15,16,17). The second-order valence-corrected chi connectivity index (χ2v) is 4.43. The largest absolute Gasteiger partial charge is 0.354 e. The number of fused-ring (bicyclic) bond motifs is 1. The van der Waals surface area contributed by atoms with Gasteiger partial charge in [0.25, 0.3) is 0 Å². The first-order valence-electron chi connectivity index (χ1n) is 5.89. The summed E-state index contributed by atoms with van der Waals surface area (Å²) in [7, 11) is 0. The van der Waals surface area contributed by atoms with Gasteiger partial charge in [-0.1, -0.05) is 0 Å². The number of piperidine rings is 1. The van der Waals surface area contributed by atoms with Gasteiger partial charge in [-0.05, 0) is 24.6 Å². The highest BCUT2D eigenvalue weighted by molar-refractivity contribution is 5.78. The molecule has 3 N–H and O–H groups in total. The number of amides is 1. The van der Waals surface area contributed by atoms with Gasteiger partial charge in [0.1, 0.15) is 5.82 Å². The Balaban J connectivity index is 1.76. The van der Waals surface area contributed by atoms with Crippen LogP contribution in [0.2, 0.25) is 0 Å². The summed E-state index contributed by atoms with van der Waals surface area (Å²) in [6.07, 6.45) is 1.30. The molecule has 5 nitrogen and oxygen atoms in total. The van der Waals surface area contributed by atoms with Crippen LogP contribution in [-0.2, 0) is 4.79 Å². The van der Waals surface area contributed by atoms with Crippen molar-refractivity contribution in [1.29, 1.82) is 0 Å². The summed E-state index contributed by atoms with van der Waals surface area (Å²) in [6, 6.07) is 4.59. The summed E-state index contributed by atoms with van der Waals surface area (Å²) in [5.41, 5.74) is 1.39. The van der Waals surface area contributed by atoms with Crippen molar-refractivity contribution in [3.8, 4) is 0 Å². The predicted molar refractivity (Wildman–Crippen MR) is 65.7 cm³/mol. The van der Waals surface area contributed by atoms with Crippen LogP contribution in [0.4, 0.5) is 10.3 Å². The molecule has 1 atom stereocenters. The Labute approximate surface area is 103 Å². The molecular formula is C12H13FN4O. The van der Waals surface area contributed by atoms with Crippen LogP contribution in [0.5, 0.6) is 0 Å². The lowest BCUT2D eigenvalue weighted by Crippen LogP contribution is -2.42. The lowest BCUT2D eigenvalue weighted by atomic mass is 10.1. The number of rotatable bonds is 2. The van der Waals surface area contributed by atoms with Gasteiger partial charge in [-0.15, -0.1) is 0 Å². The second kappa shape index (κ2) is 4.29. The normalized spacial score (nSPS) is 19.8. The van der Waals surface area contributed by atoms with Crippen LogP contribution in [-0.4, -0.2) is 28.5 Å². The molecule has 0 saturated carbocycles. The Bertz CT molecular complexity index is 585. The summed E-state index contributed by atoms with van der Waals surface area (Å²) in [4.78, 5) is 18.4. The molecule has 1 aromatic heterocycles. The number of H-pyrrole nitrogens is 1. The number of carbonyl (C=O) groups is 1. The minimum Gasteiger partial charge on any atom is -0.354 e. The monoisotopic (exact) mass is 248 g/mol. The molecule has 1 aliphatic rings. The van der Waals surface area contributed by atoms with Crippen molar-refractivity contribution in [3.63, 3.8) is 0 Å². The van der Waals surface area contributed by atoms with E-state index in [0.717, 1.165) is 11.9 Å². The number of imidazole rings is 1. The molecule has 2 heterocycles. The zero-order chi connectivity index (χ0) is 12.5. The van der Waals surface area contributed by atoms with Crippen molar-refractivity contribution in [3.05, 3.63) is 24.0 Å². The SMILES string of the molecule is O=C1CCC(Nc2nc3ccc(F)cc3[nH]2)CN1. The second-order valence-electron chi connectivity index (χ2n) is 4.43. The molecule has 3 rings (SSSR count). The van der Waals surface area contributed by atoms with E-state index in [0.29, 0.717) is 24.4 Å². The lowest BCUT2D eigenvalue weighted by molar-refractivity contribution is -0.122. The van der Waals surface area contributed by atoms with Gasteiger partial charge in [-0.3, -0.25) is 4.79 Å². The van der Waals surface area contributed by atoms with Crippen LogP contribution in [0.3, 0.4) is 0 Å². The third-order valence-electron chi connectivity index (χ3n) is 3.05. The molecule has 1 amide bonds. The van der Waals surface area contributed by atoms with E-state index in [1.807, 2.05) is 0 Å². The first-order chi connectivity index (χ1) is 8.70. The fraction of sp³-hybridized carbons (Fsp3) is 0.333. The van der Waals surface area contributed by atoms with Crippen LogP contribution >= 0.6 is 0 Å². The average Bonchev–Trinajstić information content (AvgIpc) is 2.73. The Morgan fingerprint density at radius 3 is 3.11 bits per heavy atom. The number of nitrogens with zero attached hydrogens (tertiary/aromatic N) is 1. The van der Waals surface area contributed by atoms with Crippen molar-refractivity contribution in [2.75, 3.05) is 11.9 Å². The molecule has 1 aromatic carbocycles. The van der Waals surface area contributed by atoms with Gasteiger partial charge in [0.05, 0.1) is 11.0 Å². The van der Waals surface area contributed by atoms with E-state index in [9.17, 15) is 9.18 Å². The van der Waals surface area contributed by atoms with Gasteiger partial charge in [-0.2, -0.15) is 0 Å². The fourth-order valence-corrected chi connectivity index (χ4v) is 2.10. The van der Waals surface area contributed by atoms with Crippen LogP contribution in [0.1, 0.15) is 12.8 Å². The maximum Gasteiger partial charge on any atom is 0.220 e. The Morgan fingerprint density at radius 2 is 2.33 bits per heavy atom. The number of aromatic amines is 1. The van der Waals surface area contributed by atoms with E-state index in [1.165, 1.54) is 12.1 Å². The third-order valence-corrected chi connectivity index (χ3v) is 3.05. The van der Waals surface area contributed by atoms with Crippen molar-refractivity contribution >= 4 is 22.9 Å². The number of benzene rings is 1. The lowest BCUT2D eigenvalue weighted by Gasteiger charge is -2.22. The van der Waals surface area contributed by atoms with Crippen molar-refractivity contribution in [2.45, 2.75) is 18.9 Å². The Kier molecular flexibility index (Phi) is 2.62. The molecule has 0 aliphatic carbocycles. The molecule has 18 heavy (non-hydrogen) atoms. The van der Waals surface area contributed by atoms with Gasteiger partial charge in [0, 0.05) is 19.0 Å². The number of anilines is 1. The van der Waals surface area contributed by atoms with Crippen LogP contribution in [0.15, 0.2) is 18.2 Å². The highest BCUT2D eigenvalue weighted by Crippen LogP contribution is 2.17. The van der Waals surface area contributed by atoms with Crippen molar-refractivity contribution in [1.82, 2.24) is 15.3 Å². The smallest absolute Gasteiger partial charge is 0.220 e. The summed E-state index contributed by atoms with van der Waals surface area (Å²) in [5, 5.41) is 6.00. The predicted octanol–water partition coefficient (Wildman–Crippen LogP) is 1.39. The Hall–Kier alpha value is -2.11. The zero-order valence-corrected chi connectivity index (χ0v) is 9.66. The number of nitrogens with one attached hydrogen (secondary N) is 3. The Morgan fingerprint density at radius 1 is 1.44 bits per heavy atom. The van der Waals surface area contributed by atoms with Crippen LogP contribution in [0, 0.1) is 5.82 Å². The molecule has 0 bridgehead atoms. The van der Waals surface area contributed by atoms with E-state index in [-0.39, 0.29) is 17.8 Å². The number of halogens is 1. The van der Waals surface area contributed by atoms with Gasteiger partial charge in [0.2, 0.25) is 11.9 Å². The summed E-state index contributed by atoms with van der Waals surface area (Å²) in [6.45, 7) is 0.588. The first kappa shape index (κ1) is 11.0. The van der Waals surface area contributed by atoms with E-state index in [1.54, 1.807) is 6.07 Å². The van der Waals surface area contributed by atoms with Crippen molar-refractivity contribution < 1.29 is 9.18 Å². The maximum absolute atomic E-state index is 13.0. The first-order valence-corrected chi connectivity index (χ1v) is 5.89. The number of hydrogen-bond donors (Lipinski definition) is 3. The van der Waals surface area contributed by atoms with E-state index >= 15 is 0 Å². The van der Waals surface area contributed by atoms with Gasteiger partial charge in [0.15, 0.2) is 0 Å². The van der Waals surface area contributed by atoms with Crippen LogP contribution in [0.25, 0.3) is 11.0 Å². The quantitative estimate of drug-likeness (QED) is 0.752. The number of hydrogen-bond acceptors (Lipinski definition) is 3. The highest BCUT2D eigenvalue weighted by Gasteiger charge is 2.18. The molecule has 1 saturated heterocycles. The fourth-order valence-electron chi connectivity index (χ4n) is 2.10. The molecule has 1 aliphatic heterocycles. The number of carbonyl (C=O) groups excluding carboxylic acids is 1. The molecule has 94 valence electrons. The van der Waals surface area contributed by atoms with Gasteiger partial charge >= 0.3 is 0 Å². The molecule has 0 spiro atoms. The molecule has 0 radical (unpaired) electrons. The molecular weight excluding hydrogens is 235 g/mol. The van der Waals surface area contributed by atoms with Gasteiger partial charge < -0.3 is 15.6 Å². The summed E-state index contributed by atoms with van der Waals surface area (Å²) >= 11 is 0. The third kappa shape index (κ3) is 2.13. The highest BCUT2D eigenvalue weighted by atomic mass is 19.1. The average molecular weight is 248 g/mol. The molecule has 2 aromatic rings. The molecule has 1 unspecified atom stereocenters.